The van der Waals surface area contributed by atoms with Crippen LogP contribution in [0.15, 0.2) is 237 Å². The summed E-state index contributed by atoms with van der Waals surface area (Å²) in [4.78, 5) is 15.8. The van der Waals surface area contributed by atoms with Crippen molar-refractivity contribution >= 4 is 43.2 Å². The van der Waals surface area contributed by atoms with Crippen molar-refractivity contribution in [3.63, 3.8) is 0 Å². The van der Waals surface area contributed by atoms with E-state index in [9.17, 15) is 0 Å². The lowest BCUT2D eigenvalue weighted by atomic mass is 9.89. The first-order valence-electron chi connectivity index (χ1n) is 21.8. The fourth-order valence-corrected chi connectivity index (χ4v) is 9.32. The lowest BCUT2D eigenvalue weighted by molar-refractivity contribution is 1.18. The van der Waals surface area contributed by atoms with Crippen molar-refractivity contribution in [3.8, 4) is 78.5 Å². The fraction of sp³-hybridized carbons (Fsp3) is 0. The minimum absolute atomic E-state index is 0.679. The zero-order valence-electron chi connectivity index (χ0n) is 34.9. The first-order chi connectivity index (χ1) is 31.7. The third kappa shape index (κ3) is 6.68. The van der Waals surface area contributed by atoms with E-state index in [-0.39, 0.29) is 0 Å². The molecule has 0 aliphatic heterocycles. The molecule has 0 saturated heterocycles. The fourth-order valence-electron chi connectivity index (χ4n) is 9.32. The van der Waals surface area contributed by atoms with Crippen molar-refractivity contribution < 1.29 is 0 Å². The normalized spacial score (nSPS) is 11.4. The molecule has 64 heavy (non-hydrogen) atoms. The van der Waals surface area contributed by atoms with E-state index in [1.165, 1.54) is 48.8 Å². The molecule has 0 unspecified atom stereocenters. The lowest BCUT2D eigenvalue weighted by Crippen LogP contribution is -1.96. The summed E-state index contributed by atoms with van der Waals surface area (Å²) in [5.74, 6) is 0.679. The molecular weight excluding hydrogens is 775 g/mol. The van der Waals surface area contributed by atoms with Gasteiger partial charge in [-0.05, 0) is 79.2 Å². The van der Waals surface area contributed by atoms with Gasteiger partial charge in [-0.15, -0.1) is 0 Å². The zero-order valence-corrected chi connectivity index (χ0v) is 34.9. The maximum atomic E-state index is 5.36. The molecule has 0 radical (unpaired) electrons. The number of para-hydroxylation sites is 1. The van der Waals surface area contributed by atoms with E-state index in [4.69, 9.17) is 15.0 Å². The molecule has 0 amide bonds. The van der Waals surface area contributed by atoms with Crippen LogP contribution in [0.4, 0.5) is 0 Å². The Morgan fingerprint density at radius 3 is 1.16 bits per heavy atom. The Bertz CT molecular complexity index is 3590. The SMILES string of the molecule is c1ccc(-c2cccc(-c3cc(-c4cccc(-c5ccccc5)c4)nc(-c4ccc(-c5ccc(-c6nc7ccccc7c7c8ccccc8c8ccccc8c67)cc5)cc4)n3)c2)cc1. The van der Waals surface area contributed by atoms with Gasteiger partial charge in [0.2, 0.25) is 0 Å². The minimum Gasteiger partial charge on any atom is -0.247 e. The van der Waals surface area contributed by atoms with Crippen LogP contribution in [0.3, 0.4) is 0 Å². The Balaban J connectivity index is 0.935. The van der Waals surface area contributed by atoms with Crippen LogP contribution in [-0.4, -0.2) is 15.0 Å². The summed E-state index contributed by atoms with van der Waals surface area (Å²) in [6, 6.07) is 83.9. The third-order valence-corrected chi connectivity index (χ3v) is 12.5. The molecule has 298 valence electrons. The van der Waals surface area contributed by atoms with Gasteiger partial charge in [-0.2, -0.15) is 0 Å². The summed E-state index contributed by atoms with van der Waals surface area (Å²) in [7, 11) is 0. The molecule has 10 aromatic carbocycles. The molecule has 0 atom stereocenters. The topological polar surface area (TPSA) is 38.7 Å². The number of benzene rings is 10. The van der Waals surface area contributed by atoms with Crippen molar-refractivity contribution in [2.45, 2.75) is 0 Å². The second-order valence-corrected chi connectivity index (χ2v) is 16.3. The molecule has 0 fully saturated rings. The van der Waals surface area contributed by atoms with Gasteiger partial charge < -0.3 is 0 Å². The molecule has 12 rings (SSSR count). The Morgan fingerprint density at radius 1 is 0.219 bits per heavy atom. The van der Waals surface area contributed by atoms with E-state index in [0.717, 1.165) is 67.1 Å². The summed E-state index contributed by atoms with van der Waals surface area (Å²) in [6.45, 7) is 0. The Kier molecular flexibility index (Phi) is 9.16. The average molecular weight is 814 g/mol. The van der Waals surface area contributed by atoms with Gasteiger partial charge >= 0.3 is 0 Å². The predicted octanol–water partition coefficient (Wildman–Crippen LogP) is 16.2. The predicted molar refractivity (Wildman–Crippen MR) is 268 cm³/mol. The van der Waals surface area contributed by atoms with Gasteiger partial charge in [-0.25, -0.2) is 15.0 Å². The number of nitrogens with zero attached hydrogens (tertiary/aromatic N) is 3. The molecular formula is C61H39N3. The standard InChI is InChI=1S/C61H39N3/c1-3-15-40(16-4-1)46-19-13-21-48(37-46)56-39-57(49-22-14-20-47(38-49)41-17-5-2-6-18-41)64-61(63-56)45-35-31-43(32-36-45)42-29-33-44(34-30-42)60-59-53-26-10-8-24-51(53)50-23-7-9-25-52(50)58(59)54-27-11-12-28-55(54)62-60/h1-39H. The summed E-state index contributed by atoms with van der Waals surface area (Å²) >= 11 is 0. The Morgan fingerprint density at radius 2 is 0.609 bits per heavy atom. The van der Waals surface area contributed by atoms with Crippen LogP contribution in [-0.2, 0) is 0 Å². The lowest BCUT2D eigenvalue weighted by Gasteiger charge is -2.16. The molecule has 2 heterocycles. The van der Waals surface area contributed by atoms with Gasteiger partial charge in [0.1, 0.15) is 0 Å². The second-order valence-electron chi connectivity index (χ2n) is 16.3. The molecule has 3 nitrogen and oxygen atoms in total. The molecule has 0 N–H and O–H groups in total. The number of fused-ring (bicyclic) bond motifs is 8. The van der Waals surface area contributed by atoms with E-state index >= 15 is 0 Å². The molecule has 0 aliphatic carbocycles. The van der Waals surface area contributed by atoms with Crippen LogP contribution >= 0.6 is 0 Å². The maximum Gasteiger partial charge on any atom is 0.160 e. The van der Waals surface area contributed by atoms with Crippen molar-refractivity contribution in [2.24, 2.45) is 0 Å². The molecule has 12 aromatic rings. The van der Waals surface area contributed by atoms with Crippen molar-refractivity contribution in [1.29, 1.82) is 0 Å². The van der Waals surface area contributed by atoms with E-state index in [0.29, 0.717) is 5.82 Å². The summed E-state index contributed by atoms with van der Waals surface area (Å²) in [5.41, 5.74) is 14.7. The number of aromatic nitrogens is 3. The quantitative estimate of drug-likeness (QED) is 0.150. The Labute approximate surface area is 371 Å². The summed E-state index contributed by atoms with van der Waals surface area (Å²) < 4.78 is 0. The van der Waals surface area contributed by atoms with Gasteiger partial charge in [0, 0.05) is 38.4 Å². The van der Waals surface area contributed by atoms with Crippen LogP contribution in [0, 0.1) is 0 Å². The van der Waals surface area contributed by atoms with Crippen LogP contribution in [0.25, 0.3) is 122 Å². The zero-order chi connectivity index (χ0) is 42.4. The Hall–Kier alpha value is -8.53. The van der Waals surface area contributed by atoms with Crippen LogP contribution in [0.2, 0.25) is 0 Å². The maximum absolute atomic E-state index is 5.36. The van der Waals surface area contributed by atoms with Crippen molar-refractivity contribution in [3.05, 3.63) is 237 Å². The molecule has 0 spiro atoms. The number of rotatable bonds is 7. The van der Waals surface area contributed by atoms with E-state index in [2.05, 4.69) is 224 Å². The van der Waals surface area contributed by atoms with Gasteiger partial charge in [0.05, 0.1) is 22.6 Å². The highest BCUT2D eigenvalue weighted by Crippen LogP contribution is 2.43. The highest BCUT2D eigenvalue weighted by Gasteiger charge is 2.18. The molecule has 0 aliphatic rings. The van der Waals surface area contributed by atoms with E-state index in [1.54, 1.807) is 0 Å². The molecule has 0 saturated carbocycles. The molecule has 0 bridgehead atoms. The van der Waals surface area contributed by atoms with Crippen LogP contribution in [0.5, 0.6) is 0 Å². The highest BCUT2D eigenvalue weighted by atomic mass is 14.9. The second kappa shape index (κ2) is 15.7. The number of hydrogen-bond donors (Lipinski definition) is 0. The van der Waals surface area contributed by atoms with Crippen LogP contribution < -0.4 is 0 Å². The van der Waals surface area contributed by atoms with Gasteiger partial charge in [0.15, 0.2) is 5.82 Å². The summed E-state index contributed by atoms with van der Waals surface area (Å²) in [6.07, 6.45) is 0. The van der Waals surface area contributed by atoms with Gasteiger partial charge in [0.25, 0.3) is 0 Å². The van der Waals surface area contributed by atoms with Crippen LogP contribution in [0.1, 0.15) is 0 Å². The first kappa shape index (κ1) is 37.2. The molecule has 2 aromatic heterocycles. The molecule has 3 heteroatoms. The van der Waals surface area contributed by atoms with Gasteiger partial charge in [-0.1, -0.05) is 212 Å². The van der Waals surface area contributed by atoms with Crippen molar-refractivity contribution in [1.82, 2.24) is 15.0 Å². The minimum atomic E-state index is 0.679. The largest absolute Gasteiger partial charge is 0.247 e. The summed E-state index contributed by atoms with van der Waals surface area (Å²) in [5, 5.41) is 8.56. The average Bonchev–Trinajstić information content (AvgIpc) is 3.39. The first-order valence-corrected chi connectivity index (χ1v) is 21.8. The van der Waals surface area contributed by atoms with E-state index < -0.39 is 0 Å². The monoisotopic (exact) mass is 813 g/mol. The third-order valence-electron chi connectivity index (χ3n) is 12.5. The van der Waals surface area contributed by atoms with Gasteiger partial charge in [-0.3, -0.25) is 0 Å². The number of pyridine rings is 1. The van der Waals surface area contributed by atoms with E-state index in [1.807, 2.05) is 12.1 Å². The van der Waals surface area contributed by atoms with Crippen molar-refractivity contribution in [2.75, 3.05) is 0 Å². The number of hydrogen-bond acceptors (Lipinski definition) is 3. The highest BCUT2D eigenvalue weighted by molar-refractivity contribution is 6.33. The smallest absolute Gasteiger partial charge is 0.160 e.